The third-order valence-electron chi connectivity index (χ3n) is 3.00. The van der Waals surface area contributed by atoms with Gasteiger partial charge in [-0.25, -0.2) is 22.0 Å². The van der Waals surface area contributed by atoms with Crippen molar-refractivity contribution in [1.82, 2.24) is 5.32 Å². The van der Waals surface area contributed by atoms with Crippen LogP contribution in [0.25, 0.3) is 0 Å². The van der Waals surface area contributed by atoms with Gasteiger partial charge in [0.15, 0.2) is 17.5 Å². The van der Waals surface area contributed by atoms with E-state index >= 15 is 0 Å². The molecule has 112 valence electrons. The van der Waals surface area contributed by atoms with Gasteiger partial charge in [0.1, 0.15) is 11.6 Å². The first-order chi connectivity index (χ1) is 9.93. The lowest BCUT2D eigenvalue weighted by Crippen LogP contribution is -2.24. The van der Waals surface area contributed by atoms with E-state index in [2.05, 4.69) is 5.32 Å². The third-order valence-corrected chi connectivity index (χ3v) is 3.00. The Balaban J connectivity index is 2.56. The quantitative estimate of drug-likeness (QED) is 0.663. The summed E-state index contributed by atoms with van der Waals surface area (Å²) in [6.45, 7) is 2.03. The molecule has 1 atom stereocenters. The minimum atomic E-state index is -1.62. The van der Waals surface area contributed by atoms with E-state index in [1.165, 1.54) is 0 Å². The Morgan fingerprint density at radius 3 is 2.10 bits per heavy atom. The maximum Gasteiger partial charge on any atom is 0.194 e. The van der Waals surface area contributed by atoms with Crippen molar-refractivity contribution in [3.63, 3.8) is 0 Å². The molecule has 0 aliphatic rings. The molecule has 2 aromatic rings. The van der Waals surface area contributed by atoms with Crippen molar-refractivity contribution in [1.29, 1.82) is 0 Å². The van der Waals surface area contributed by atoms with Crippen molar-refractivity contribution in [2.75, 3.05) is 6.54 Å². The molecule has 0 bridgehead atoms. The normalized spacial score (nSPS) is 12.5. The van der Waals surface area contributed by atoms with E-state index in [1.54, 1.807) is 6.92 Å². The summed E-state index contributed by atoms with van der Waals surface area (Å²) in [6, 6.07) is 3.52. The molecule has 0 saturated heterocycles. The van der Waals surface area contributed by atoms with Crippen molar-refractivity contribution in [3.8, 4) is 0 Å². The van der Waals surface area contributed by atoms with Crippen molar-refractivity contribution < 1.29 is 22.0 Å². The standard InChI is InChI=1S/C15H12F5N/c1-2-21-15(8-5-9(16)7-10(17)6-8)11-3-4-12(18)14(20)13(11)19/h3-7,15,21H,2H2,1H3. The third kappa shape index (κ3) is 3.21. The Labute approximate surface area is 118 Å². The average Bonchev–Trinajstić information content (AvgIpc) is 2.42. The predicted octanol–water partition coefficient (Wildman–Crippen LogP) is 4.08. The molecule has 2 aromatic carbocycles. The number of benzene rings is 2. The lowest BCUT2D eigenvalue weighted by atomic mass is 9.97. The second-order valence-electron chi connectivity index (χ2n) is 4.46. The Hall–Kier alpha value is -1.95. The van der Waals surface area contributed by atoms with Crippen LogP contribution in [-0.2, 0) is 0 Å². The van der Waals surface area contributed by atoms with Gasteiger partial charge in [0.2, 0.25) is 0 Å². The summed E-state index contributed by atoms with van der Waals surface area (Å²) in [5.41, 5.74) is -0.139. The summed E-state index contributed by atoms with van der Waals surface area (Å²) >= 11 is 0. The Morgan fingerprint density at radius 2 is 1.52 bits per heavy atom. The fourth-order valence-corrected chi connectivity index (χ4v) is 2.12. The topological polar surface area (TPSA) is 12.0 Å². The second-order valence-corrected chi connectivity index (χ2v) is 4.46. The van der Waals surface area contributed by atoms with Gasteiger partial charge < -0.3 is 5.32 Å². The number of hydrogen-bond acceptors (Lipinski definition) is 1. The molecule has 0 aliphatic heterocycles. The van der Waals surface area contributed by atoms with Gasteiger partial charge in [0, 0.05) is 11.6 Å². The van der Waals surface area contributed by atoms with E-state index in [0.29, 0.717) is 12.6 Å². The highest BCUT2D eigenvalue weighted by Gasteiger charge is 2.22. The second kappa shape index (κ2) is 6.22. The molecule has 0 amide bonds. The zero-order valence-corrected chi connectivity index (χ0v) is 11.1. The molecule has 0 fully saturated rings. The molecule has 2 rings (SSSR count). The maximum atomic E-state index is 13.9. The Kier molecular flexibility index (Phi) is 4.57. The minimum absolute atomic E-state index is 0.0826. The molecule has 0 aliphatic carbocycles. The van der Waals surface area contributed by atoms with Crippen LogP contribution in [0.5, 0.6) is 0 Å². The van der Waals surface area contributed by atoms with Gasteiger partial charge in [0.05, 0.1) is 6.04 Å². The minimum Gasteiger partial charge on any atom is -0.306 e. The first-order valence-corrected chi connectivity index (χ1v) is 6.26. The highest BCUT2D eigenvalue weighted by molar-refractivity contribution is 5.34. The van der Waals surface area contributed by atoms with Crippen molar-refractivity contribution in [2.45, 2.75) is 13.0 Å². The molecule has 1 nitrogen and oxygen atoms in total. The van der Waals surface area contributed by atoms with E-state index in [-0.39, 0.29) is 11.1 Å². The summed E-state index contributed by atoms with van der Waals surface area (Å²) in [7, 11) is 0. The SMILES string of the molecule is CCNC(c1cc(F)cc(F)c1)c1ccc(F)c(F)c1F. The summed E-state index contributed by atoms with van der Waals surface area (Å²) < 4.78 is 66.8. The summed E-state index contributed by atoms with van der Waals surface area (Å²) in [6.07, 6.45) is 0. The van der Waals surface area contributed by atoms with Gasteiger partial charge in [-0.1, -0.05) is 13.0 Å². The van der Waals surface area contributed by atoms with Gasteiger partial charge >= 0.3 is 0 Å². The van der Waals surface area contributed by atoms with Crippen molar-refractivity contribution >= 4 is 0 Å². The lowest BCUT2D eigenvalue weighted by Gasteiger charge is -2.20. The number of rotatable bonds is 4. The van der Waals surface area contributed by atoms with Crippen LogP contribution in [-0.4, -0.2) is 6.54 Å². The van der Waals surface area contributed by atoms with Crippen LogP contribution in [0.2, 0.25) is 0 Å². The van der Waals surface area contributed by atoms with E-state index in [9.17, 15) is 22.0 Å². The number of nitrogens with one attached hydrogen (secondary N) is 1. The number of hydrogen-bond donors (Lipinski definition) is 1. The molecule has 0 heterocycles. The van der Waals surface area contributed by atoms with Gasteiger partial charge in [-0.05, 0) is 30.3 Å². The van der Waals surface area contributed by atoms with Gasteiger partial charge in [-0.15, -0.1) is 0 Å². The molecule has 21 heavy (non-hydrogen) atoms. The van der Waals surface area contributed by atoms with E-state index in [0.717, 1.165) is 24.3 Å². The largest absolute Gasteiger partial charge is 0.306 e. The molecular formula is C15H12F5N. The van der Waals surface area contributed by atoms with Crippen LogP contribution in [0.15, 0.2) is 30.3 Å². The van der Waals surface area contributed by atoms with Crippen molar-refractivity contribution in [3.05, 3.63) is 70.5 Å². The van der Waals surface area contributed by atoms with E-state index in [4.69, 9.17) is 0 Å². The Bertz CT molecular complexity index is 637. The summed E-state index contributed by atoms with van der Waals surface area (Å²) in [4.78, 5) is 0. The highest BCUT2D eigenvalue weighted by atomic mass is 19.2. The molecule has 6 heteroatoms. The summed E-state index contributed by atoms with van der Waals surface area (Å²) in [5, 5.41) is 2.79. The summed E-state index contributed by atoms with van der Waals surface area (Å²) in [5.74, 6) is -6.00. The van der Waals surface area contributed by atoms with Gasteiger partial charge in [0.25, 0.3) is 0 Å². The van der Waals surface area contributed by atoms with Crippen LogP contribution in [0.1, 0.15) is 24.1 Å². The van der Waals surface area contributed by atoms with Crippen LogP contribution < -0.4 is 5.32 Å². The number of halogens is 5. The lowest BCUT2D eigenvalue weighted by molar-refractivity contribution is 0.433. The zero-order chi connectivity index (χ0) is 15.6. The molecule has 1 unspecified atom stereocenters. The maximum absolute atomic E-state index is 13.9. The average molecular weight is 301 g/mol. The predicted molar refractivity (Wildman–Crippen MR) is 68.2 cm³/mol. The first-order valence-electron chi connectivity index (χ1n) is 6.26. The van der Waals surface area contributed by atoms with Crippen LogP contribution in [0.4, 0.5) is 22.0 Å². The van der Waals surface area contributed by atoms with Gasteiger partial charge in [-0.2, -0.15) is 0 Å². The van der Waals surface area contributed by atoms with E-state index < -0.39 is 35.1 Å². The Morgan fingerprint density at radius 1 is 0.905 bits per heavy atom. The van der Waals surface area contributed by atoms with Crippen LogP contribution >= 0.6 is 0 Å². The fraction of sp³-hybridized carbons (Fsp3) is 0.200. The monoisotopic (exact) mass is 301 g/mol. The van der Waals surface area contributed by atoms with Crippen molar-refractivity contribution in [2.24, 2.45) is 0 Å². The molecule has 0 radical (unpaired) electrons. The molecule has 0 aromatic heterocycles. The molecule has 0 saturated carbocycles. The van der Waals surface area contributed by atoms with E-state index in [1.807, 2.05) is 0 Å². The molecule has 0 spiro atoms. The fourth-order valence-electron chi connectivity index (χ4n) is 2.12. The van der Waals surface area contributed by atoms with Crippen LogP contribution in [0, 0.1) is 29.1 Å². The van der Waals surface area contributed by atoms with Gasteiger partial charge in [-0.3, -0.25) is 0 Å². The molecule has 1 N–H and O–H groups in total. The first kappa shape index (κ1) is 15.4. The molecular weight excluding hydrogens is 289 g/mol. The zero-order valence-electron chi connectivity index (χ0n) is 11.1. The smallest absolute Gasteiger partial charge is 0.194 e. The van der Waals surface area contributed by atoms with Crippen LogP contribution in [0.3, 0.4) is 0 Å². The highest BCUT2D eigenvalue weighted by Crippen LogP contribution is 2.27.